The fourth-order valence-corrected chi connectivity index (χ4v) is 2.11. The van der Waals surface area contributed by atoms with Crippen LogP contribution in [0.4, 0.5) is 5.69 Å². The number of hydrogen-bond acceptors (Lipinski definition) is 3. The lowest BCUT2D eigenvalue weighted by Crippen LogP contribution is -2.23. The number of aromatic nitrogens is 2. The molecular weight excluding hydrogens is 297 g/mol. The van der Waals surface area contributed by atoms with Crippen LogP contribution in [-0.4, -0.2) is 9.78 Å². The number of nitrogens with one attached hydrogen (secondary N) is 1. The molecule has 0 saturated heterocycles. The lowest BCUT2D eigenvalue weighted by atomic mass is 10.2. The van der Waals surface area contributed by atoms with E-state index < -0.39 is 0 Å². The van der Waals surface area contributed by atoms with Gasteiger partial charge in [-0.1, -0.05) is 41.4 Å². The molecule has 0 fully saturated rings. The minimum Gasteiger partial charge on any atom is -0.378 e. The summed E-state index contributed by atoms with van der Waals surface area (Å²) >= 11 is 11.9. The highest BCUT2D eigenvalue weighted by atomic mass is 35.5. The Morgan fingerprint density at radius 3 is 2.90 bits per heavy atom. The highest BCUT2D eigenvalue weighted by molar-refractivity contribution is 6.33. The molecular formula is C14H13Cl2N3O. The van der Waals surface area contributed by atoms with Gasteiger partial charge >= 0.3 is 0 Å². The molecule has 1 heterocycles. The second kappa shape index (κ2) is 6.59. The molecule has 6 heteroatoms. The van der Waals surface area contributed by atoms with Crippen molar-refractivity contribution < 1.29 is 0 Å². The van der Waals surface area contributed by atoms with E-state index in [-0.39, 0.29) is 10.6 Å². The maximum Gasteiger partial charge on any atom is 0.287 e. The third kappa shape index (κ3) is 3.40. The molecule has 20 heavy (non-hydrogen) atoms. The Morgan fingerprint density at radius 2 is 2.20 bits per heavy atom. The van der Waals surface area contributed by atoms with Crippen LogP contribution in [0.1, 0.15) is 5.56 Å². The molecule has 0 atom stereocenters. The molecule has 0 saturated carbocycles. The fourth-order valence-electron chi connectivity index (χ4n) is 1.68. The molecule has 104 valence electrons. The van der Waals surface area contributed by atoms with Gasteiger partial charge in [-0.25, -0.2) is 4.68 Å². The second-order valence-corrected chi connectivity index (χ2v) is 4.95. The first-order valence-electron chi connectivity index (χ1n) is 5.96. The van der Waals surface area contributed by atoms with E-state index >= 15 is 0 Å². The number of nitrogens with zero attached hydrogens (tertiary/aromatic N) is 2. The van der Waals surface area contributed by atoms with Crippen LogP contribution < -0.4 is 10.9 Å². The Kier molecular flexibility index (Phi) is 4.82. The number of benzene rings is 1. The van der Waals surface area contributed by atoms with Crippen LogP contribution in [0.3, 0.4) is 0 Å². The average Bonchev–Trinajstić information content (AvgIpc) is 2.43. The van der Waals surface area contributed by atoms with Crippen LogP contribution in [-0.2, 0) is 13.1 Å². The maximum absolute atomic E-state index is 11.9. The van der Waals surface area contributed by atoms with Crippen molar-refractivity contribution in [3.05, 3.63) is 69.1 Å². The minimum atomic E-state index is -0.345. The van der Waals surface area contributed by atoms with Crippen molar-refractivity contribution in [1.29, 1.82) is 0 Å². The van der Waals surface area contributed by atoms with Crippen molar-refractivity contribution in [3.8, 4) is 0 Å². The monoisotopic (exact) mass is 309 g/mol. The highest BCUT2D eigenvalue weighted by Gasteiger charge is 2.08. The number of allylic oxidation sites excluding steroid dienone is 1. The first kappa shape index (κ1) is 14.6. The van der Waals surface area contributed by atoms with Crippen molar-refractivity contribution in [1.82, 2.24) is 9.78 Å². The molecule has 0 aliphatic heterocycles. The minimum absolute atomic E-state index is 0.115. The van der Waals surface area contributed by atoms with E-state index in [2.05, 4.69) is 17.0 Å². The summed E-state index contributed by atoms with van der Waals surface area (Å²) < 4.78 is 1.25. The number of halogens is 2. The molecule has 0 amide bonds. The Bertz CT molecular complexity index is 682. The Labute approximate surface area is 126 Å². The summed E-state index contributed by atoms with van der Waals surface area (Å²) in [4.78, 5) is 11.9. The third-order valence-electron chi connectivity index (χ3n) is 2.66. The molecule has 0 unspecified atom stereocenters. The smallest absolute Gasteiger partial charge is 0.287 e. The number of hydrogen-bond donors (Lipinski definition) is 1. The predicted octanol–water partition coefficient (Wildman–Crippen LogP) is 3.35. The quantitative estimate of drug-likeness (QED) is 0.862. The molecule has 0 bridgehead atoms. The lowest BCUT2D eigenvalue weighted by molar-refractivity contribution is 0.653. The Hall–Kier alpha value is -1.78. The van der Waals surface area contributed by atoms with Gasteiger partial charge in [0.25, 0.3) is 5.56 Å². The fraction of sp³-hybridized carbons (Fsp3) is 0.143. The van der Waals surface area contributed by atoms with Crippen LogP contribution in [0.15, 0.2) is 47.9 Å². The topological polar surface area (TPSA) is 46.9 Å². The van der Waals surface area contributed by atoms with E-state index in [1.54, 1.807) is 12.1 Å². The normalized spacial score (nSPS) is 10.3. The summed E-state index contributed by atoms with van der Waals surface area (Å²) in [5, 5.41) is 7.87. The van der Waals surface area contributed by atoms with Crippen molar-refractivity contribution in [2.45, 2.75) is 13.1 Å². The summed E-state index contributed by atoms with van der Waals surface area (Å²) in [5.41, 5.74) is 1.14. The molecule has 0 aliphatic carbocycles. The zero-order chi connectivity index (χ0) is 14.5. The van der Waals surface area contributed by atoms with Gasteiger partial charge in [-0.3, -0.25) is 4.79 Å². The van der Waals surface area contributed by atoms with Crippen LogP contribution in [0.25, 0.3) is 0 Å². The highest BCUT2D eigenvalue weighted by Crippen LogP contribution is 2.17. The van der Waals surface area contributed by atoms with Crippen molar-refractivity contribution in [2.24, 2.45) is 0 Å². The zero-order valence-electron chi connectivity index (χ0n) is 10.6. The Morgan fingerprint density at radius 1 is 1.40 bits per heavy atom. The second-order valence-electron chi connectivity index (χ2n) is 4.13. The molecule has 0 radical (unpaired) electrons. The summed E-state index contributed by atoms with van der Waals surface area (Å²) in [6.07, 6.45) is 3.11. The molecule has 0 aliphatic rings. The molecule has 4 nitrogen and oxygen atoms in total. The van der Waals surface area contributed by atoms with Crippen LogP contribution in [0.2, 0.25) is 10.0 Å². The molecule has 2 aromatic rings. The van der Waals surface area contributed by atoms with E-state index in [0.29, 0.717) is 23.8 Å². The van der Waals surface area contributed by atoms with E-state index in [4.69, 9.17) is 23.2 Å². The predicted molar refractivity (Wildman–Crippen MR) is 82.5 cm³/mol. The van der Waals surface area contributed by atoms with Crippen molar-refractivity contribution >= 4 is 28.9 Å². The maximum atomic E-state index is 11.9. The SMILES string of the molecule is C=CCn1ncc(NCc2cccc(Cl)c2)c(Cl)c1=O. The van der Waals surface area contributed by atoms with Crippen LogP contribution >= 0.6 is 23.2 Å². The third-order valence-corrected chi connectivity index (χ3v) is 3.26. The molecule has 0 spiro atoms. The number of anilines is 1. The molecule has 1 aromatic carbocycles. The van der Waals surface area contributed by atoms with Crippen molar-refractivity contribution in [2.75, 3.05) is 5.32 Å². The summed E-state index contributed by atoms with van der Waals surface area (Å²) in [6.45, 7) is 4.40. The van der Waals surface area contributed by atoms with Gasteiger partial charge in [0.05, 0.1) is 18.4 Å². The van der Waals surface area contributed by atoms with Crippen molar-refractivity contribution in [3.63, 3.8) is 0 Å². The number of rotatable bonds is 5. The molecule has 2 rings (SSSR count). The van der Waals surface area contributed by atoms with Gasteiger partial charge < -0.3 is 5.32 Å². The Balaban J connectivity index is 2.16. The summed E-state index contributed by atoms with van der Waals surface area (Å²) in [6, 6.07) is 7.44. The van der Waals surface area contributed by atoms with E-state index in [0.717, 1.165) is 5.56 Å². The molecule has 1 aromatic heterocycles. The van der Waals surface area contributed by atoms with Gasteiger partial charge in [-0.2, -0.15) is 5.10 Å². The molecule has 1 N–H and O–H groups in total. The first-order valence-corrected chi connectivity index (χ1v) is 6.72. The average molecular weight is 310 g/mol. The van der Waals surface area contributed by atoms with Gasteiger partial charge in [0.1, 0.15) is 5.02 Å². The first-order chi connectivity index (χ1) is 9.61. The van der Waals surface area contributed by atoms with Gasteiger partial charge in [-0.05, 0) is 17.7 Å². The standard InChI is InChI=1S/C14H13Cl2N3O/c1-2-6-19-14(20)13(16)12(9-18-19)17-8-10-4-3-5-11(15)7-10/h2-5,7,9,17H,1,6,8H2. The largest absolute Gasteiger partial charge is 0.378 e. The lowest BCUT2D eigenvalue weighted by Gasteiger charge is -2.09. The zero-order valence-corrected chi connectivity index (χ0v) is 12.2. The van der Waals surface area contributed by atoms with Crippen LogP contribution in [0, 0.1) is 0 Å². The van der Waals surface area contributed by atoms with E-state index in [9.17, 15) is 4.79 Å². The van der Waals surface area contributed by atoms with E-state index in [1.807, 2.05) is 18.2 Å². The van der Waals surface area contributed by atoms with Gasteiger partial charge in [0.2, 0.25) is 0 Å². The van der Waals surface area contributed by atoms with Gasteiger partial charge in [0, 0.05) is 11.6 Å². The summed E-state index contributed by atoms with van der Waals surface area (Å²) in [5.74, 6) is 0. The van der Waals surface area contributed by atoms with E-state index in [1.165, 1.54) is 10.9 Å². The van der Waals surface area contributed by atoms with Gasteiger partial charge in [-0.15, -0.1) is 6.58 Å². The van der Waals surface area contributed by atoms with Gasteiger partial charge in [0.15, 0.2) is 0 Å². The van der Waals surface area contributed by atoms with Crippen LogP contribution in [0.5, 0.6) is 0 Å². The summed E-state index contributed by atoms with van der Waals surface area (Å²) in [7, 11) is 0.